The lowest BCUT2D eigenvalue weighted by Crippen LogP contribution is -2.41. The van der Waals surface area contributed by atoms with Gasteiger partial charge in [0.2, 0.25) is 6.79 Å². The molecule has 0 saturated carbocycles. The topological polar surface area (TPSA) is 85.1 Å². The van der Waals surface area contributed by atoms with Gasteiger partial charge in [0.25, 0.3) is 5.56 Å². The second-order valence-corrected chi connectivity index (χ2v) is 9.22. The number of nitrogens with zero attached hydrogens (tertiary/aromatic N) is 1. The molecule has 0 spiro atoms. The predicted molar refractivity (Wildman–Crippen MR) is 133 cm³/mol. The maximum absolute atomic E-state index is 13.0. The molecule has 2 N–H and O–H groups in total. The Balaban J connectivity index is 1.44. The van der Waals surface area contributed by atoms with E-state index in [2.05, 4.69) is 24.1 Å². The molecule has 0 fully saturated rings. The van der Waals surface area contributed by atoms with Gasteiger partial charge in [-0.25, -0.2) is 0 Å². The lowest BCUT2D eigenvalue weighted by Gasteiger charge is -2.27. The lowest BCUT2D eigenvalue weighted by molar-refractivity contribution is 0.172. The van der Waals surface area contributed by atoms with Crippen LogP contribution in [0.2, 0.25) is 0 Å². The zero-order valence-electron chi connectivity index (χ0n) is 19.2. The first-order chi connectivity index (χ1) is 16.5. The van der Waals surface area contributed by atoms with Gasteiger partial charge in [-0.15, -0.1) is 0 Å². The molecule has 0 aliphatic carbocycles. The fourth-order valence-corrected chi connectivity index (χ4v) is 4.19. The molecule has 178 valence electrons. The Kier molecular flexibility index (Phi) is 6.19. The molecule has 34 heavy (non-hydrogen) atoms. The van der Waals surface area contributed by atoms with E-state index in [4.69, 9.17) is 31.2 Å². The van der Waals surface area contributed by atoms with Gasteiger partial charge in [-0.1, -0.05) is 19.9 Å². The zero-order valence-corrected chi connectivity index (χ0v) is 20.0. The Morgan fingerprint density at radius 1 is 1.00 bits per heavy atom. The Morgan fingerprint density at radius 2 is 1.74 bits per heavy atom. The summed E-state index contributed by atoms with van der Waals surface area (Å²) in [5.41, 5.74) is 2.17. The third kappa shape index (κ3) is 4.75. The van der Waals surface area contributed by atoms with Crippen LogP contribution in [0, 0.1) is 5.92 Å². The van der Waals surface area contributed by atoms with Crippen LogP contribution in [0.5, 0.6) is 23.0 Å². The Hall–Kier alpha value is -3.46. The standard InChI is InChI=1S/C25H27N3O5S/c1-15(2)11-26-25(34)28(12-16-3-4-20-21(7-16)33-14-32-20)13-18-8-17-9-22-23(31-6-5-30-22)10-19(17)27-24(18)29/h3-4,7-10,15H,5-6,11-14H2,1-2H3,(H,26,34)(H,27,29). The number of benzene rings is 2. The third-order valence-corrected chi connectivity index (χ3v) is 6.11. The molecule has 2 aliphatic rings. The number of ether oxygens (including phenoxy) is 4. The summed E-state index contributed by atoms with van der Waals surface area (Å²) in [6, 6.07) is 11.4. The second kappa shape index (κ2) is 9.42. The molecule has 9 heteroatoms. The smallest absolute Gasteiger partial charge is 0.253 e. The summed E-state index contributed by atoms with van der Waals surface area (Å²) >= 11 is 5.72. The predicted octanol–water partition coefficient (Wildman–Crippen LogP) is 3.56. The molecule has 0 unspecified atom stereocenters. The highest BCUT2D eigenvalue weighted by molar-refractivity contribution is 7.80. The highest BCUT2D eigenvalue weighted by atomic mass is 32.1. The number of hydrogen-bond donors (Lipinski definition) is 2. The van der Waals surface area contributed by atoms with E-state index in [9.17, 15) is 4.79 Å². The first-order valence-electron chi connectivity index (χ1n) is 11.3. The Labute approximate surface area is 202 Å². The van der Waals surface area contributed by atoms with E-state index < -0.39 is 0 Å². The molecule has 3 heterocycles. The van der Waals surface area contributed by atoms with Crippen LogP contribution in [-0.4, -0.2) is 41.5 Å². The number of fused-ring (bicyclic) bond motifs is 3. The van der Waals surface area contributed by atoms with E-state index in [1.54, 1.807) is 0 Å². The van der Waals surface area contributed by atoms with E-state index in [-0.39, 0.29) is 12.4 Å². The minimum absolute atomic E-state index is 0.161. The van der Waals surface area contributed by atoms with Gasteiger partial charge in [-0.3, -0.25) is 4.79 Å². The van der Waals surface area contributed by atoms with E-state index in [1.165, 1.54) is 0 Å². The third-order valence-electron chi connectivity index (χ3n) is 5.70. The van der Waals surface area contributed by atoms with Gasteiger partial charge in [-0.2, -0.15) is 0 Å². The minimum Gasteiger partial charge on any atom is -0.486 e. The molecule has 0 bridgehead atoms. The number of nitrogens with one attached hydrogen (secondary N) is 2. The van der Waals surface area contributed by atoms with E-state index in [0.717, 1.165) is 23.2 Å². The molecule has 8 nitrogen and oxygen atoms in total. The number of hydrogen-bond acceptors (Lipinski definition) is 6. The number of rotatable bonds is 6. The molecule has 1 aromatic heterocycles. The fourth-order valence-electron chi connectivity index (χ4n) is 3.97. The highest BCUT2D eigenvalue weighted by Crippen LogP contribution is 2.34. The summed E-state index contributed by atoms with van der Waals surface area (Å²) in [5.74, 6) is 3.21. The fraction of sp³-hybridized carbons (Fsp3) is 0.360. The van der Waals surface area contributed by atoms with Crippen LogP contribution in [-0.2, 0) is 13.1 Å². The summed E-state index contributed by atoms with van der Waals surface area (Å²) in [6.45, 7) is 7.08. The Bertz CT molecular complexity index is 1290. The van der Waals surface area contributed by atoms with E-state index >= 15 is 0 Å². The average molecular weight is 482 g/mol. The summed E-state index contributed by atoms with van der Waals surface area (Å²) in [6.07, 6.45) is 0. The van der Waals surface area contributed by atoms with Crippen LogP contribution in [0.3, 0.4) is 0 Å². The van der Waals surface area contributed by atoms with Crippen molar-refractivity contribution in [2.45, 2.75) is 26.9 Å². The van der Waals surface area contributed by atoms with Crippen molar-refractivity contribution < 1.29 is 18.9 Å². The van der Waals surface area contributed by atoms with Crippen LogP contribution >= 0.6 is 12.2 Å². The number of thiocarbonyl (C=S) groups is 1. The van der Waals surface area contributed by atoms with Crippen LogP contribution in [0.1, 0.15) is 25.0 Å². The summed E-state index contributed by atoms with van der Waals surface area (Å²) in [4.78, 5) is 17.9. The van der Waals surface area contributed by atoms with Gasteiger partial charge in [0.15, 0.2) is 28.1 Å². The molecule has 0 amide bonds. The average Bonchev–Trinajstić information content (AvgIpc) is 3.29. The number of H-pyrrole nitrogens is 1. The van der Waals surface area contributed by atoms with Crippen LogP contribution in [0.25, 0.3) is 10.9 Å². The van der Waals surface area contributed by atoms with Gasteiger partial charge in [0, 0.05) is 30.1 Å². The van der Waals surface area contributed by atoms with Gasteiger partial charge < -0.3 is 34.1 Å². The van der Waals surface area contributed by atoms with Crippen molar-refractivity contribution in [2.75, 3.05) is 26.6 Å². The molecular weight excluding hydrogens is 454 g/mol. The lowest BCUT2D eigenvalue weighted by atomic mass is 10.1. The maximum Gasteiger partial charge on any atom is 0.253 e. The van der Waals surface area contributed by atoms with Crippen LogP contribution in [0.15, 0.2) is 41.2 Å². The molecular formula is C25H27N3O5S. The van der Waals surface area contributed by atoms with E-state index in [0.29, 0.717) is 65.7 Å². The van der Waals surface area contributed by atoms with Crippen molar-refractivity contribution >= 4 is 28.2 Å². The normalized spacial score (nSPS) is 13.9. The first-order valence-corrected chi connectivity index (χ1v) is 11.7. The number of pyridine rings is 1. The monoisotopic (exact) mass is 481 g/mol. The van der Waals surface area contributed by atoms with Crippen LogP contribution in [0.4, 0.5) is 0 Å². The molecule has 0 saturated heterocycles. The second-order valence-electron chi connectivity index (χ2n) is 8.83. The largest absolute Gasteiger partial charge is 0.486 e. The number of aromatic amines is 1. The van der Waals surface area contributed by atoms with Crippen molar-refractivity contribution in [1.82, 2.24) is 15.2 Å². The highest BCUT2D eigenvalue weighted by Gasteiger charge is 2.19. The molecule has 5 rings (SSSR count). The van der Waals surface area contributed by atoms with Crippen molar-refractivity contribution in [3.63, 3.8) is 0 Å². The van der Waals surface area contributed by atoms with Gasteiger partial charge >= 0.3 is 0 Å². The first kappa shape index (κ1) is 22.3. The summed E-state index contributed by atoms with van der Waals surface area (Å²) < 4.78 is 22.3. The van der Waals surface area contributed by atoms with Gasteiger partial charge in [0.1, 0.15) is 13.2 Å². The summed E-state index contributed by atoms with van der Waals surface area (Å²) in [7, 11) is 0. The van der Waals surface area contributed by atoms with Crippen molar-refractivity contribution in [1.29, 1.82) is 0 Å². The quantitative estimate of drug-likeness (QED) is 0.517. The molecule has 2 aliphatic heterocycles. The van der Waals surface area contributed by atoms with Crippen LogP contribution < -0.4 is 29.8 Å². The number of aromatic nitrogens is 1. The zero-order chi connectivity index (χ0) is 23.7. The molecule has 3 aromatic rings. The van der Waals surface area contributed by atoms with Crippen molar-refractivity contribution in [2.24, 2.45) is 5.92 Å². The minimum atomic E-state index is -0.161. The molecule has 0 radical (unpaired) electrons. The van der Waals surface area contributed by atoms with E-state index in [1.807, 2.05) is 41.3 Å². The maximum atomic E-state index is 13.0. The van der Waals surface area contributed by atoms with Crippen molar-refractivity contribution in [3.05, 3.63) is 57.9 Å². The summed E-state index contributed by atoms with van der Waals surface area (Å²) in [5, 5.41) is 4.79. The van der Waals surface area contributed by atoms with Gasteiger partial charge in [-0.05, 0) is 48.0 Å². The van der Waals surface area contributed by atoms with Crippen molar-refractivity contribution in [3.8, 4) is 23.0 Å². The Morgan fingerprint density at radius 3 is 2.53 bits per heavy atom. The SMILES string of the molecule is CC(C)CNC(=S)N(Cc1ccc2c(c1)OCO2)Cc1cc2cc3c(cc2[nH]c1=O)OCCO3. The van der Waals surface area contributed by atoms with Gasteiger partial charge in [0.05, 0.1) is 12.1 Å². The molecule has 0 atom stereocenters. The molecule has 2 aromatic carbocycles.